The zero-order chi connectivity index (χ0) is 12.4. The van der Waals surface area contributed by atoms with Crippen molar-refractivity contribution >= 4 is 23.3 Å². The summed E-state index contributed by atoms with van der Waals surface area (Å²) in [5.74, 6) is -0.113. The van der Waals surface area contributed by atoms with Crippen molar-refractivity contribution < 1.29 is 4.79 Å². The molecule has 0 aliphatic carbocycles. The molecule has 2 rings (SSSR count). The lowest BCUT2D eigenvalue weighted by atomic mass is 10.0. The lowest BCUT2D eigenvalue weighted by Crippen LogP contribution is -2.11. The summed E-state index contributed by atoms with van der Waals surface area (Å²) in [5, 5.41) is 0.338. The maximum atomic E-state index is 11.2. The van der Waals surface area contributed by atoms with Crippen molar-refractivity contribution in [3.8, 4) is 11.1 Å². The minimum Gasteiger partial charge on any atom is -0.384 e. The molecule has 0 saturated heterocycles. The van der Waals surface area contributed by atoms with E-state index in [1.54, 1.807) is 30.5 Å². The number of hydrogen-bond acceptors (Lipinski definition) is 3. The molecule has 4 nitrogen and oxygen atoms in total. The predicted molar refractivity (Wildman–Crippen MR) is 67.6 cm³/mol. The van der Waals surface area contributed by atoms with Crippen molar-refractivity contribution in [2.45, 2.75) is 0 Å². The highest BCUT2D eigenvalue weighted by Crippen LogP contribution is 2.24. The summed E-state index contributed by atoms with van der Waals surface area (Å²) in [7, 11) is 0. The third kappa shape index (κ3) is 2.37. The molecule has 2 aromatic rings. The van der Waals surface area contributed by atoms with Gasteiger partial charge in [0.1, 0.15) is 5.82 Å². The first kappa shape index (κ1) is 11.4. The minimum atomic E-state index is -0.555. The van der Waals surface area contributed by atoms with Crippen molar-refractivity contribution in [2.75, 3.05) is 5.73 Å². The standard InChI is InChI=1S/C12H10ClN3O/c13-10-3-1-7(5-9(10)12(15)17)8-2-4-11(14)16-6-8/h1-6H,(H2,14,16)(H2,15,17). The van der Waals surface area contributed by atoms with Gasteiger partial charge in [0, 0.05) is 11.8 Å². The van der Waals surface area contributed by atoms with Crippen LogP contribution >= 0.6 is 11.6 Å². The van der Waals surface area contributed by atoms with Crippen LogP contribution in [0, 0.1) is 0 Å². The Kier molecular flexibility index (Phi) is 2.97. The maximum absolute atomic E-state index is 11.2. The van der Waals surface area contributed by atoms with Crippen LogP contribution in [0.15, 0.2) is 36.5 Å². The van der Waals surface area contributed by atoms with E-state index >= 15 is 0 Å². The van der Waals surface area contributed by atoms with E-state index in [1.807, 2.05) is 6.07 Å². The topological polar surface area (TPSA) is 82.0 Å². The van der Waals surface area contributed by atoms with Crippen LogP contribution in [0.5, 0.6) is 0 Å². The van der Waals surface area contributed by atoms with Gasteiger partial charge in [0.25, 0.3) is 0 Å². The van der Waals surface area contributed by atoms with Crippen LogP contribution in [0.3, 0.4) is 0 Å². The van der Waals surface area contributed by atoms with Crippen LogP contribution < -0.4 is 11.5 Å². The Labute approximate surface area is 103 Å². The molecule has 0 saturated carbocycles. The normalized spacial score (nSPS) is 10.2. The Hall–Kier alpha value is -2.07. The molecule has 86 valence electrons. The molecule has 0 aliphatic rings. The Balaban J connectivity index is 2.50. The summed E-state index contributed by atoms with van der Waals surface area (Å²) in [5.41, 5.74) is 12.7. The fourth-order valence-corrected chi connectivity index (χ4v) is 1.68. The molecule has 0 unspecified atom stereocenters. The highest BCUT2D eigenvalue weighted by molar-refractivity contribution is 6.33. The Morgan fingerprint density at radius 2 is 1.88 bits per heavy atom. The predicted octanol–water partition coefficient (Wildman–Crippen LogP) is 2.08. The van der Waals surface area contributed by atoms with Crippen molar-refractivity contribution in [1.82, 2.24) is 4.98 Å². The number of primary amides is 1. The lowest BCUT2D eigenvalue weighted by Gasteiger charge is -2.05. The average molecular weight is 248 g/mol. The second-order valence-corrected chi connectivity index (χ2v) is 3.94. The van der Waals surface area contributed by atoms with Crippen molar-refractivity contribution in [2.24, 2.45) is 5.73 Å². The van der Waals surface area contributed by atoms with Crippen LogP contribution in [-0.2, 0) is 0 Å². The van der Waals surface area contributed by atoms with Gasteiger partial charge in [-0.2, -0.15) is 0 Å². The zero-order valence-corrected chi connectivity index (χ0v) is 9.61. The monoisotopic (exact) mass is 247 g/mol. The number of rotatable bonds is 2. The van der Waals surface area contributed by atoms with E-state index in [0.717, 1.165) is 11.1 Å². The quantitative estimate of drug-likeness (QED) is 0.852. The van der Waals surface area contributed by atoms with Crippen LogP contribution in [0.2, 0.25) is 5.02 Å². The van der Waals surface area contributed by atoms with Gasteiger partial charge in [-0.25, -0.2) is 4.98 Å². The smallest absolute Gasteiger partial charge is 0.250 e. The third-order valence-corrected chi connectivity index (χ3v) is 2.68. The van der Waals surface area contributed by atoms with Crippen LogP contribution in [0.25, 0.3) is 11.1 Å². The zero-order valence-electron chi connectivity index (χ0n) is 8.85. The third-order valence-electron chi connectivity index (χ3n) is 2.35. The first-order valence-corrected chi connectivity index (χ1v) is 5.27. The second kappa shape index (κ2) is 4.43. The number of carbonyl (C=O) groups is 1. The molecule has 1 aromatic heterocycles. The molecule has 1 heterocycles. The van der Waals surface area contributed by atoms with Gasteiger partial charge in [0.15, 0.2) is 0 Å². The molecule has 0 radical (unpaired) electrons. The number of nitrogens with two attached hydrogens (primary N) is 2. The van der Waals surface area contributed by atoms with E-state index in [-0.39, 0.29) is 0 Å². The van der Waals surface area contributed by atoms with Crippen molar-refractivity contribution in [3.63, 3.8) is 0 Å². The number of amides is 1. The molecule has 5 heteroatoms. The molecule has 0 fully saturated rings. The van der Waals surface area contributed by atoms with Crippen LogP contribution in [0.4, 0.5) is 5.82 Å². The number of nitrogen functional groups attached to an aromatic ring is 1. The fourth-order valence-electron chi connectivity index (χ4n) is 1.47. The van der Waals surface area contributed by atoms with Gasteiger partial charge in [0.05, 0.1) is 10.6 Å². The number of nitrogens with zero attached hydrogens (tertiary/aromatic N) is 1. The number of halogens is 1. The molecule has 1 amide bonds. The highest BCUT2D eigenvalue weighted by Gasteiger charge is 2.08. The van der Waals surface area contributed by atoms with Gasteiger partial charge in [0.2, 0.25) is 5.91 Å². The van der Waals surface area contributed by atoms with E-state index in [0.29, 0.717) is 16.4 Å². The molecule has 0 atom stereocenters. The summed E-state index contributed by atoms with van der Waals surface area (Å²) in [6.07, 6.45) is 1.63. The van der Waals surface area contributed by atoms with Crippen molar-refractivity contribution in [1.29, 1.82) is 0 Å². The number of aromatic nitrogens is 1. The van der Waals surface area contributed by atoms with E-state index in [1.165, 1.54) is 0 Å². The summed E-state index contributed by atoms with van der Waals surface area (Å²) in [4.78, 5) is 15.1. The average Bonchev–Trinajstić information content (AvgIpc) is 2.30. The number of benzene rings is 1. The van der Waals surface area contributed by atoms with Gasteiger partial charge in [-0.05, 0) is 29.8 Å². The molecular formula is C12H10ClN3O. The van der Waals surface area contributed by atoms with Crippen LogP contribution in [-0.4, -0.2) is 10.9 Å². The molecule has 0 bridgehead atoms. The maximum Gasteiger partial charge on any atom is 0.250 e. The molecule has 0 aliphatic heterocycles. The number of pyridine rings is 1. The van der Waals surface area contributed by atoms with Gasteiger partial charge in [-0.15, -0.1) is 0 Å². The first-order chi connectivity index (χ1) is 8.08. The lowest BCUT2D eigenvalue weighted by molar-refractivity contribution is 0.100. The highest BCUT2D eigenvalue weighted by atomic mass is 35.5. The van der Waals surface area contributed by atoms with Crippen LogP contribution in [0.1, 0.15) is 10.4 Å². The van der Waals surface area contributed by atoms with E-state index in [4.69, 9.17) is 23.1 Å². The minimum absolute atomic E-state index is 0.293. The molecule has 4 N–H and O–H groups in total. The van der Waals surface area contributed by atoms with E-state index in [2.05, 4.69) is 4.98 Å². The largest absolute Gasteiger partial charge is 0.384 e. The van der Waals surface area contributed by atoms with Gasteiger partial charge >= 0.3 is 0 Å². The van der Waals surface area contributed by atoms with Gasteiger partial charge < -0.3 is 11.5 Å². The SMILES string of the molecule is NC(=O)c1cc(-c2ccc(N)nc2)ccc1Cl. The number of anilines is 1. The summed E-state index contributed by atoms with van der Waals surface area (Å²) in [6.45, 7) is 0. The Bertz CT molecular complexity index is 566. The fraction of sp³-hybridized carbons (Fsp3) is 0. The Morgan fingerprint density at radius 3 is 2.47 bits per heavy atom. The number of carbonyl (C=O) groups excluding carboxylic acids is 1. The van der Waals surface area contributed by atoms with Gasteiger partial charge in [-0.1, -0.05) is 17.7 Å². The van der Waals surface area contributed by atoms with E-state index < -0.39 is 5.91 Å². The van der Waals surface area contributed by atoms with Gasteiger partial charge in [-0.3, -0.25) is 4.79 Å². The molecular weight excluding hydrogens is 238 g/mol. The summed E-state index contributed by atoms with van der Waals surface area (Å²) in [6, 6.07) is 8.57. The second-order valence-electron chi connectivity index (χ2n) is 3.53. The van der Waals surface area contributed by atoms with Crippen molar-refractivity contribution in [3.05, 3.63) is 47.1 Å². The molecule has 0 spiro atoms. The first-order valence-electron chi connectivity index (χ1n) is 4.89. The molecule has 1 aromatic carbocycles. The summed E-state index contributed by atoms with van der Waals surface area (Å²) >= 11 is 5.87. The molecule has 17 heavy (non-hydrogen) atoms. The van der Waals surface area contributed by atoms with E-state index in [9.17, 15) is 4.79 Å². The number of hydrogen-bond donors (Lipinski definition) is 2. The summed E-state index contributed by atoms with van der Waals surface area (Å²) < 4.78 is 0. The Morgan fingerprint density at radius 1 is 1.18 bits per heavy atom.